The third kappa shape index (κ3) is 4.78. The first-order valence-corrected chi connectivity index (χ1v) is 7.15. The zero-order valence-electron chi connectivity index (χ0n) is 13.2. The highest BCUT2D eigenvalue weighted by Crippen LogP contribution is 2.33. The van der Waals surface area contributed by atoms with Gasteiger partial charge in [0.2, 0.25) is 0 Å². The van der Waals surface area contributed by atoms with Crippen LogP contribution in [0.2, 0.25) is 0 Å². The van der Waals surface area contributed by atoms with Crippen LogP contribution in [0.5, 0.6) is 11.5 Å². The summed E-state index contributed by atoms with van der Waals surface area (Å²) < 4.78 is 0. The van der Waals surface area contributed by atoms with Crippen LogP contribution in [0.15, 0.2) is 29.4 Å². The van der Waals surface area contributed by atoms with Gasteiger partial charge in [0.1, 0.15) is 11.5 Å². The van der Waals surface area contributed by atoms with Gasteiger partial charge in [0.25, 0.3) is 0 Å². The van der Waals surface area contributed by atoms with Crippen LogP contribution >= 0.6 is 0 Å². The van der Waals surface area contributed by atoms with E-state index in [4.69, 9.17) is 0 Å². The summed E-state index contributed by atoms with van der Waals surface area (Å²) in [5.41, 5.74) is 3.72. The maximum Gasteiger partial charge on any atom is 0.154 e. The van der Waals surface area contributed by atoms with E-state index in [1.807, 2.05) is 13.0 Å². The van der Waals surface area contributed by atoms with E-state index in [2.05, 4.69) is 19.9 Å². The fourth-order valence-electron chi connectivity index (χ4n) is 2.16. The summed E-state index contributed by atoms with van der Waals surface area (Å²) in [6.45, 7) is 7.86. The Kier molecular flexibility index (Phi) is 6.22. The molecule has 0 aliphatic carbocycles. The molecule has 0 saturated heterocycles. The highest BCUT2D eigenvalue weighted by molar-refractivity contribution is 5.83. The van der Waals surface area contributed by atoms with Crippen LogP contribution in [0.1, 0.15) is 55.1 Å². The zero-order valence-corrected chi connectivity index (χ0v) is 13.2. The maximum absolute atomic E-state index is 11.0. The molecule has 0 unspecified atom stereocenters. The quantitative estimate of drug-likeness (QED) is 0.600. The number of rotatable bonds is 6. The molecule has 21 heavy (non-hydrogen) atoms. The van der Waals surface area contributed by atoms with Gasteiger partial charge in [-0.15, -0.1) is 0 Å². The molecular weight excluding hydrogens is 264 g/mol. The highest BCUT2D eigenvalue weighted by atomic mass is 16.3. The number of carbonyl (C=O) groups is 1. The van der Waals surface area contributed by atoms with Crippen LogP contribution in [0, 0.1) is 6.92 Å². The standard InChI is InChI=1S/C18H24O3/c1-12(2)6-5-7-13(3)8-9-15-17(20)10-14(4)16(11-19)18(15)21/h6,8,10-11,20-21H,5,7,9H2,1-4H3/b13-8-. The van der Waals surface area contributed by atoms with E-state index >= 15 is 0 Å². The lowest BCUT2D eigenvalue weighted by atomic mass is 9.99. The Morgan fingerprint density at radius 2 is 1.86 bits per heavy atom. The Balaban J connectivity index is 2.88. The molecule has 0 radical (unpaired) electrons. The first-order valence-electron chi connectivity index (χ1n) is 7.15. The number of phenols is 2. The average Bonchev–Trinajstić information content (AvgIpc) is 2.38. The van der Waals surface area contributed by atoms with Crippen molar-refractivity contribution < 1.29 is 15.0 Å². The minimum absolute atomic E-state index is 0.0314. The van der Waals surface area contributed by atoms with Gasteiger partial charge >= 0.3 is 0 Å². The number of aromatic hydroxyl groups is 2. The molecule has 2 N–H and O–H groups in total. The van der Waals surface area contributed by atoms with Crippen molar-refractivity contribution in [3.8, 4) is 11.5 Å². The Morgan fingerprint density at radius 3 is 2.43 bits per heavy atom. The van der Waals surface area contributed by atoms with Crippen molar-refractivity contribution in [2.24, 2.45) is 0 Å². The predicted molar refractivity (Wildman–Crippen MR) is 86.0 cm³/mol. The van der Waals surface area contributed by atoms with E-state index in [1.165, 1.54) is 17.2 Å². The van der Waals surface area contributed by atoms with Crippen molar-refractivity contribution in [2.45, 2.75) is 47.0 Å². The minimum Gasteiger partial charge on any atom is -0.508 e. The van der Waals surface area contributed by atoms with Crippen LogP contribution in [0.25, 0.3) is 0 Å². The van der Waals surface area contributed by atoms with Gasteiger partial charge in [0.05, 0.1) is 5.56 Å². The van der Waals surface area contributed by atoms with E-state index in [0.717, 1.165) is 12.8 Å². The number of aldehydes is 1. The van der Waals surface area contributed by atoms with Gasteiger partial charge in [-0.05, 0) is 58.6 Å². The maximum atomic E-state index is 11.0. The van der Waals surface area contributed by atoms with E-state index in [1.54, 1.807) is 6.92 Å². The van der Waals surface area contributed by atoms with Crippen molar-refractivity contribution >= 4 is 6.29 Å². The Bertz CT molecular complexity index is 577. The number of aryl methyl sites for hydroxylation is 1. The van der Waals surface area contributed by atoms with Crippen molar-refractivity contribution in [3.05, 3.63) is 46.1 Å². The monoisotopic (exact) mass is 288 g/mol. The molecular formula is C18H24O3. The van der Waals surface area contributed by atoms with Crippen molar-refractivity contribution in [1.82, 2.24) is 0 Å². The SMILES string of the molecule is CC(C)=CCC/C(C)=C\Cc1c(O)cc(C)c(C=O)c1O. The largest absolute Gasteiger partial charge is 0.508 e. The van der Waals surface area contributed by atoms with Gasteiger partial charge in [-0.25, -0.2) is 0 Å². The van der Waals surface area contributed by atoms with Crippen LogP contribution in [0.4, 0.5) is 0 Å². The van der Waals surface area contributed by atoms with E-state index in [9.17, 15) is 15.0 Å². The summed E-state index contributed by atoms with van der Waals surface area (Å²) in [5.74, 6) is -0.0835. The molecule has 1 aromatic carbocycles. The van der Waals surface area contributed by atoms with Crippen LogP contribution in [-0.4, -0.2) is 16.5 Å². The van der Waals surface area contributed by atoms with Crippen LogP contribution < -0.4 is 0 Å². The molecule has 114 valence electrons. The number of benzene rings is 1. The van der Waals surface area contributed by atoms with Gasteiger partial charge in [-0.1, -0.05) is 23.3 Å². The third-order valence-electron chi connectivity index (χ3n) is 3.49. The van der Waals surface area contributed by atoms with Gasteiger partial charge in [0.15, 0.2) is 6.29 Å². The number of carbonyl (C=O) groups excluding carboxylic acids is 1. The smallest absolute Gasteiger partial charge is 0.154 e. The average molecular weight is 288 g/mol. The van der Waals surface area contributed by atoms with E-state index in [-0.39, 0.29) is 17.1 Å². The number of hydrogen-bond acceptors (Lipinski definition) is 3. The molecule has 0 heterocycles. The van der Waals surface area contributed by atoms with Crippen molar-refractivity contribution in [2.75, 3.05) is 0 Å². The molecule has 3 nitrogen and oxygen atoms in total. The third-order valence-corrected chi connectivity index (χ3v) is 3.49. The second kappa shape index (κ2) is 7.67. The first-order chi connectivity index (χ1) is 9.86. The molecule has 1 aromatic rings. The molecule has 0 atom stereocenters. The number of allylic oxidation sites excluding steroid dienone is 4. The van der Waals surface area contributed by atoms with Crippen LogP contribution in [0.3, 0.4) is 0 Å². The summed E-state index contributed by atoms with van der Waals surface area (Å²) in [6, 6.07) is 1.52. The van der Waals surface area contributed by atoms with Gasteiger partial charge in [-0.2, -0.15) is 0 Å². The van der Waals surface area contributed by atoms with Gasteiger partial charge < -0.3 is 10.2 Å². The topological polar surface area (TPSA) is 57.5 Å². The molecule has 0 aromatic heterocycles. The molecule has 0 bridgehead atoms. The summed E-state index contributed by atoms with van der Waals surface area (Å²) >= 11 is 0. The molecule has 0 saturated carbocycles. The summed E-state index contributed by atoms with van der Waals surface area (Å²) in [5, 5.41) is 20.0. The summed E-state index contributed by atoms with van der Waals surface area (Å²) in [7, 11) is 0. The zero-order chi connectivity index (χ0) is 16.0. The summed E-state index contributed by atoms with van der Waals surface area (Å²) in [4.78, 5) is 11.0. The Hall–Kier alpha value is -2.03. The molecule has 1 rings (SSSR count). The van der Waals surface area contributed by atoms with Crippen molar-refractivity contribution in [1.29, 1.82) is 0 Å². The van der Waals surface area contributed by atoms with Crippen LogP contribution in [-0.2, 0) is 6.42 Å². The second-order valence-corrected chi connectivity index (χ2v) is 5.65. The molecule has 0 aliphatic heterocycles. The molecule has 0 fully saturated rings. The number of hydrogen-bond donors (Lipinski definition) is 2. The minimum atomic E-state index is -0.115. The fourth-order valence-corrected chi connectivity index (χ4v) is 2.16. The lowest BCUT2D eigenvalue weighted by Crippen LogP contribution is -1.94. The lowest BCUT2D eigenvalue weighted by molar-refractivity contribution is 0.112. The van der Waals surface area contributed by atoms with Gasteiger partial charge in [-0.3, -0.25) is 4.79 Å². The normalized spacial score (nSPS) is 11.3. The molecule has 3 heteroatoms. The predicted octanol–water partition coefficient (Wildman–Crippen LogP) is 4.45. The van der Waals surface area contributed by atoms with E-state index in [0.29, 0.717) is 23.8 Å². The Morgan fingerprint density at radius 1 is 1.19 bits per heavy atom. The van der Waals surface area contributed by atoms with E-state index < -0.39 is 0 Å². The van der Waals surface area contributed by atoms with Crippen molar-refractivity contribution in [3.63, 3.8) is 0 Å². The number of phenolic OH excluding ortho intramolecular Hbond substituents is 2. The molecule has 0 aliphatic rings. The highest BCUT2D eigenvalue weighted by Gasteiger charge is 2.14. The lowest BCUT2D eigenvalue weighted by Gasteiger charge is -2.10. The summed E-state index contributed by atoms with van der Waals surface area (Å²) in [6.07, 6.45) is 7.13. The van der Waals surface area contributed by atoms with Gasteiger partial charge in [0, 0.05) is 5.56 Å². The fraction of sp³-hybridized carbons (Fsp3) is 0.389. The molecule has 0 amide bonds. The first kappa shape index (κ1) is 17.0. The second-order valence-electron chi connectivity index (χ2n) is 5.65. The Labute approximate surface area is 126 Å². The molecule has 0 spiro atoms.